The number of hydrogen-bond donors (Lipinski definition) is 1. The van der Waals surface area contributed by atoms with Crippen molar-refractivity contribution < 1.29 is 13.5 Å². The van der Waals surface area contributed by atoms with E-state index in [1.54, 1.807) is 12.1 Å². The number of anilines is 1. The lowest BCUT2D eigenvalue weighted by atomic mass is 10.0. The molecule has 1 heterocycles. The maximum Gasteiger partial charge on any atom is 0.240 e. The van der Waals surface area contributed by atoms with Crippen LogP contribution in [-0.4, -0.2) is 22.3 Å². The molecular formula is C16H12F2N4O. The first kappa shape index (κ1) is 14.8. The summed E-state index contributed by atoms with van der Waals surface area (Å²) < 4.78 is 32.6. The van der Waals surface area contributed by atoms with Gasteiger partial charge in [0, 0.05) is 11.1 Å². The molecule has 5 nitrogen and oxygen atoms in total. The molecule has 0 aliphatic carbocycles. The van der Waals surface area contributed by atoms with Crippen LogP contribution in [0.3, 0.4) is 0 Å². The summed E-state index contributed by atoms with van der Waals surface area (Å²) in [5, 5.41) is 7.64. The Labute approximate surface area is 130 Å². The van der Waals surface area contributed by atoms with Crippen LogP contribution in [0.5, 0.6) is 5.75 Å². The molecule has 0 aliphatic heterocycles. The van der Waals surface area contributed by atoms with Crippen molar-refractivity contribution in [2.75, 3.05) is 12.8 Å². The van der Waals surface area contributed by atoms with Crippen LogP contribution in [0.1, 0.15) is 0 Å². The first-order valence-corrected chi connectivity index (χ1v) is 6.69. The summed E-state index contributed by atoms with van der Waals surface area (Å²) in [5.74, 6) is -2.14. The number of nitrogen functional groups attached to an aromatic ring is 1. The zero-order valence-corrected chi connectivity index (χ0v) is 12.1. The van der Waals surface area contributed by atoms with Gasteiger partial charge in [-0.2, -0.15) is 0 Å². The lowest BCUT2D eigenvalue weighted by Crippen LogP contribution is -2.03. The Bertz CT molecular complexity index is 833. The molecule has 0 saturated heterocycles. The highest BCUT2D eigenvalue weighted by Crippen LogP contribution is 2.32. The smallest absolute Gasteiger partial charge is 0.240 e. The molecule has 23 heavy (non-hydrogen) atoms. The molecule has 3 rings (SSSR count). The summed E-state index contributed by atoms with van der Waals surface area (Å²) in [6.07, 6.45) is 0. The Kier molecular flexibility index (Phi) is 3.84. The molecule has 3 aromatic rings. The van der Waals surface area contributed by atoms with E-state index >= 15 is 0 Å². The molecule has 1 aromatic heterocycles. The van der Waals surface area contributed by atoms with E-state index in [0.717, 1.165) is 12.1 Å². The fourth-order valence-corrected chi connectivity index (χ4v) is 2.22. The van der Waals surface area contributed by atoms with E-state index in [0.29, 0.717) is 11.3 Å². The van der Waals surface area contributed by atoms with Crippen LogP contribution in [0.25, 0.3) is 22.5 Å². The fraction of sp³-hybridized carbons (Fsp3) is 0.0625. The van der Waals surface area contributed by atoms with Gasteiger partial charge in [-0.05, 0) is 12.1 Å². The molecule has 7 heteroatoms. The summed E-state index contributed by atoms with van der Waals surface area (Å²) in [4.78, 5) is 4.15. The lowest BCUT2D eigenvalue weighted by Gasteiger charge is -2.10. The van der Waals surface area contributed by atoms with Crippen molar-refractivity contribution in [3.8, 4) is 28.3 Å². The van der Waals surface area contributed by atoms with Crippen molar-refractivity contribution >= 4 is 5.95 Å². The number of methoxy groups -OCH3 is 1. The van der Waals surface area contributed by atoms with Crippen molar-refractivity contribution in [3.63, 3.8) is 0 Å². The molecule has 0 unspecified atom stereocenters. The number of nitrogens with two attached hydrogens (primary N) is 1. The van der Waals surface area contributed by atoms with Crippen LogP contribution < -0.4 is 10.5 Å². The largest absolute Gasteiger partial charge is 0.491 e. The highest BCUT2D eigenvalue weighted by atomic mass is 19.1. The van der Waals surface area contributed by atoms with E-state index in [2.05, 4.69) is 19.9 Å². The van der Waals surface area contributed by atoms with Crippen LogP contribution in [0, 0.1) is 11.6 Å². The minimum absolute atomic E-state index is 0.0259. The number of halogens is 2. The highest BCUT2D eigenvalue weighted by Gasteiger charge is 2.18. The predicted molar refractivity (Wildman–Crippen MR) is 81.6 cm³/mol. The van der Waals surface area contributed by atoms with Gasteiger partial charge in [-0.1, -0.05) is 30.3 Å². The van der Waals surface area contributed by atoms with Crippen molar-refractivity contribution in [2.24, 2.45) is 0 Å². The van der Waals surface area contributed by atoms with E-state index in [1.807, 2.05) is 18.2 Å². The monoisotopic (exact) mass is 314 g/mol. The van der Waals surface area contributed by atoms with E-state index < -0.39 is 17.4 Å². The van der Waals surface area contributed by atoms with E-state index in [4.69, 9.17) is 5.73 Å². The van der Waals surface area contributed by atoms with Crippen LogP contribution in [0.4, 0.5) is 14.7 Å². The molecule has 0 saturated carbocycles. The van der Waals surface area contributed by atoms with Crippen molar-refractivity contribution in [3.05, 3.63) is 54.1 Å². The van der Waals surface area contributed by atoms with Gasteiger partial charge in [0.25, 0.3) is 0 Å². The lowest BCUT2D eigenvalue weighted by molar-refractivity contribution is 0.360. The number of hydrogen-bond acceptors (Lipinski definition) is 5. The molecule has 2 N–H and O–H groups in total. The topological polar surface area (TPSA) is 73.9 Å². The summed E-state index contributed by atoms with van der Waals surface area (Å²) in [6, 6.07) is 11.3. The van der Waals surface area contributed by atoms with Gasteiger partial charge in [0.2, 0.25) is 5.95 Å². The molecule has 0 spiro atoms. The van der Waals surface area contributed by atoms with Gasteiger partial charge in [0.1, 0.15) is 11.4 Å². The van der Waals surface area contributed by atoms with Gasteiger partial charge < -0.3 is 10.5 Å². The average Bonchev–Trinajstić information content (AvgIpc) is 2.55. The molecule has 0 amide bonds. The molecular weight excluding hydrogens is 302 g/mol. The zero-order chi connectivity index (χ0) is 16.4. The molecule has 116 valence electrons. The average molecular weight is 314 g/mol. The molecule has 0 fully saturated rings. The Balaban J connectivity index is 2.22. The third-order valence-electron chi connectivity index (χ3n) is 3.23. The third kappa shape index (κ3) is 2.80. The fourth-order valence-electron chi connectivity index (χ4n) is 2.22. The van der Waals surface area contributed by atoms with Gasteiger partial charge in [0.15, 0.2) is 17.4 Å². The van der Waals surface area contributed by atoms with E-state index in [9.17, 15) is 8.78 Å². The maximum absolute atomic E-state index is 14.0. The van der Waals surface area contributed by atoms with Crippen molar-refractivity contribution in [2.45, 2.75) is 0 Å². The van der Waals surface area contributed by atoms with Gasteiger partial charge in [0.05, 0.1) is 7.11 Å². The SMILES string of the molecule is COc1c(F)cc(-c2nnc(N)nc2-c2ccccc2)cc1F. The van der Waals surface area contributed by atoms with Gasteiger partial charge in [-0.3, -0.25) is 0 Å². The minimum atomic E-state index is -0.833. The predicted octanol–water partition coefficient (Wildman–Crippen LogP) is 3.07. The van der Waals surface area contributed by atoms with Crippen LogP contribution in [-0.2, 0) is 0 Å². The highest BCUT2D eigenvalue weighted by molar-refractivity contribution is 5.78. The molecule has 0 radical (unpaired) electrons. The van der Waals surface area contributed by atoms with Crippen molar-refractivity contribution in [1.82, 2.24) is 15.2 Å². The molecule has 0 aliphatic rings. The zero-order valence-electron chi connectivity index (χ0n) is 12.1. The van der Waals surface area contributed by atoms with Gasteiger partial charge in [-0.15, -0.1) is 10.2 Å². The normalized spacial score (nSPS) is 10.6. The Morgan fingerprint density at radius 3 is 2.17 bits per heavy atom. The van der Waals surface area contributed by atoms with Crippen LogP contribution in [0.2, 0.25) is 0 Å². The summed E-state index contributed by atoms with van der Waals surface area (Å²) in [5.41, 5.74) is 7.12. The Morgan fingerprint density at radius 1 is 0.913 bits per heavy atom. The van der Waals surface area contributed by atoms with E-state index in [-0.39, 0.29) is 17.2 Å². The second-order valence-electron chi connectivity index (χ2n) is 4.71. The van der Waals surface area contributed by atoms with Crippen LogP contribution >= 0.6 is 0 Å². The second-order valence-corrected chi connectivity index (χ2v) is 4.71. The quantitative estimate of drug-likeness (QED) is 0.804. The van der Waals surface area contributed by atoms with Gasteiger partial charge >= 0.3 is 0 Å². The standard InChI is InChI=1S/C16H12F2N4O/c1-23-15-11(17)7-10(8-12(15)18)14-13(20-16(19)22-21-14)9-5-3-2-4-6-9/h2-8H,1H3,(H2,19,20,22). The summed E-state index contributed by atoms with van der Waals surface area (Å²) in [6.45, 7) is 0. The number of nitrogens with zero attached hydrogens (tertiary/aromatic N) is 3. The number of aromatic nitrogens is 3. The number of ether oxygens (including phenoxy) is 1. The number of benzene rings is 2. The molecule has 2 aromatic carbocycles. The Morgan fingerprint density at radius 2 is 1.57 bits per heavy atom. The first-order chi connectivity index (χ1) is 11.1. The molecule has 0 atom stereocenters. The summed E-state index contributed by atoms with van der Waals surface area (Å²) >= 11 is 0. The van der Waals surface area contributed by atoms with Crippen molar-refractivity contribution in [1.29, 1.82) is 0 Å². The molecule has 0 bridgehead atoms. The minimum Gasteiger partial charge on any atom is -0.491 e. The third-order valence-corrected chi connectivity index (χ3v) is 3.23. The van der Waals surface area contributed by atoms with Crippen LogP contribution in [0.15, 0.2) is 42.5 Å². The second kappa shape index (κ2) is 5.96. The van der Waals surface area contributed by atoms with Gasteiger partial charge in [-0.25, -0.2) is 13.8 Å². The Hall–Kier alpha value is -3.09. The summed E-state index contributed by atoms with van der Waals surface area (Å²) in [7, 11) is 1.20. The number of rotatable bonds is 3. The maximum atomic E-state index is 14.0. The van der Waals surface area contributed by atoms with E-state index in [1.165, 1.54) is 7.11 Å². The first-order valence-electron chi connectivity index (χ1n) is 6.69.